The van der Waals surface area contributed by atoms with Gasteiger partial charge in [-0.3, -0.25) is 0 Å². The highest BCUT2D eigenvalue weighted by Crippen LogP contribution is 2.57. The fraction of sp³-hybridized carbons (Fsp3) is 0.0652. The van der Waals surface area contributed by atoms with E-state index in [4.69, 9.17) is 24.4 Å². The highest BCUT2D eigenvalue weighted by molar-refractivity contribution is 5.91. The van der Waals surface area contributed by atoms with Crippen molar-refractivity contribution in [1.82, 2.24) is 15.0 Å². The molecule has 0 radical (unpaired) electrons. The van der Waals surface area contributed by atoms with Crippen LogP contribution in [0.15, 0.2) is 146 Å². The number of ether oxygens (including phenoxy) is 2. The summed E-state index contributed by atoms with van der Waals surface area (Å²) in [6.07, 6.45) is 4.56. The normalized spacial score (nSPS) is 17.8. The highest BCUT2D eigenvalue weighted by Gasteiger charge is 2.48. The second-order valence-corrected chi connectivity index (χ2v) is 13.9. The van der Waals surface area contributed by atoms with E-state index in [1.165, 1.54) is 5.22 Å². The smallest absolute Gasteiger partial charge is 0.164 e. The Balaban J connectivity index is 1.13. The van der Waals surface area contributed by atoms with Gasteiger partial charge in [-0.1, -0.05) is 109 Å². The molecule has 3 heterocycles. The molecule has 0 saturated heterocycles. The first kappa shape index (κ1) is 29.0. The molecular formula is C46H30N4O2. The quantitative estimate of drug-likeness (QED) is 0.187. The summed E-state index contributed by atoms with van der Waals surface area (Å²) in [4.78, 5) is 17.7. The topological polar surface area (TPSA) is 60.4 Å². The van der Waals surface area contributed by atoms with Crippen LogP contribution >= 0.6 is 0 Å². The van der Waals surface area contributed by atoms with Gasteiger partial charge in [0, 0.05) is 16.7 Å². The van der Waals surface area contributed by atoms with Gasteiger partial charge in [0.15, 0.2) is 29.0 Å². The van der Waals surface area contributed by atoms with Crippen molar-refractivity contribution in [1.29, 1.82) is 0 Å². The molecule has 2 aliphatic heterocycles. The molecule has 6 nitrogen and oxygen atoms in total. The third kappa shape index (κ3) is 4.47. The van der Waals surface area contributed by atoms with Crippen LogP contribution in [0.3, 0.4) is 0 Å². The van der Waals surface area contributed by atoms with Gasteiger partial charge in [-0.25, -0.2) is 15.0 Å². The largest absolute Gasteiger partial charge is 0.479 e. The molecule has 7 aromatic carbocycles. The third-order valence-corrected chi connectivity index (χ3v) is 10.5. The molecule has 0 N–H and O–H groups in total. The molecule has 0 saturated carbocycles. The lowest BCUT2D eigenvalue weighted by atomic mass is 9.85. The van der Waals surface area contributed by atoms with Crippen LogP contribution < -0.4 is 24.8 Å². The Morgan fingerprint density at radius 2 is 1.08 bits per heavy atom. The van der Waals surface area contributed by atoms with E-state index in [1.807, 2.05) is 18.2 Å². The molecule has 0 fully saturated rings. The summed E-state index contributed by atoms with van der Waals surface area (Å²) in [5, 5.41) is 6.91. The van der Waals surface area contributed by atoms with E-state index < -0.39 is 5.60 Å². The van der Waals surface area contributed by atoms with Gasteiger partial charge >= 0.3 is 0 Å². The zero-order valence-electron chi connectivity index (χ0n) is 28.2. The summed E-state index contributed by atoms with van der Waals surface area (Å²) in [7, 11) is 0. The van der Waals surface area contributed by atoms with E-state index in [0.29, 0.717) is 29.0 Å². The summed E-state index contributed by atoms with van der Waals surface area (Å²) in [6.45, 7) is 2.16. The first-order chi connectivity index (χ1) is 25.6. The van der Waals surface area contributed by atoms with Gasteiger partial charge in [0.2, 0.25) is 0 Å². The van der Waals surface area contributed by atoms with Crippen LogP contribution in [-0.4, -0.2) is 26.6 Å². The Bertz CT molecular complexity index is 2820. The summed E-state index contributed by atoms with van der Waals surface area (Å²) in [5.41, 5.74) is 3.85. The minimum Gasteiger partial charge on any atom is -0.479 e. The predicted molar refractivity (Wildman–Crippen MR) is 207 cm³/mol. The van der Waals surface area contributed by atoms with Crippen LogP contribution in [-0.2, 0) is 0 Å². The molecule has 246 valence electrons. The lowest BCUT2D eigenvalue weighted by molar-refractivity contribution is 0.132. The van der Waals surface area contributed by atoms with Gasteiger partial charge in [0.25, 0.3) is 0 Å². The van der Waals surface area contributed by atoms with Crippen molar-refractivity contribution in [2.45, 2.75) is 18.6 Å². The van der Waals surface area contributed by atoms with E-state index in [2.05, 4.69) is 151 Å². The van der Waals surface area contributed by atoms with Gasteiger partial charge in [-0.05, 0) is 87.5 Å². The lowest BCUT2D eigenvalue weighted by Gasteiger charge is -2.50. The van der Waals surface area contributed by atoms with E-state index in [9.17, 15) is 0 Å². The van der Waals surface area contributed by atoms with Crippen LogP contribution in [0.4, 0.5) is 11.4 Å². The van der Waals surface area contributed by atoms with Crippen LogP contribution in [0.1, 0.15) is 6.92 Å². The van der Waals surface area contributed by atoms with Gasteiger partial charge in [0.1, 0.15) is 17.0 Å². The Morgan fingerprint density at radius 1 is 0.519 bits per heavy atom. The fourth-order valence-electron chi connectivity index (χ4n) is 7.98. The predicted octanol–water partition coefficient (Wildman–Crippen LogP) is 9.22. The zero-order valence-corrected chi connectivity index (χ0v) is 28.2. The molecule has 8 aromatic rings. The Hall–Kier alpha value is -6.79. The van der Waals surface area contributed by atoms with E-state index in [-0.39, 0.29) is 6.04 Å². The third-order valence-electron chi connectivity index (χ3n) is 10.5. The van der Waals surface area contributed by atoms with Gasteiger partial charge in [0.05, 0.1) is 11.7 Å². The van der Waals surface area contributed by atoms with Crippen molar-refractivity contribution in [3.63, 3.8) is 0 Å². The van der Waals surface area contributed by atoms with Crippen molar-refractivity contribution in [2.75, 3.05) is 4.90 Å². The standard InChI is InChI=1S/C46H30N4O2/c1-46-27-35-15-7-6-14-32(35)26-41(46)50-37-16-8-9-17-38(37)51-39-24-36(25-40(52-46)42(39)50)45-48-43(33-20-18-28-10-2-4-12-30(28)22-33)47-44(49-45)34-21-19-29-11-3-5-13-31(29)23-34/h2-27,41H,1H3. The molecule has 0 bridgehead atoms. The van der Waals surface area contributed by atoms with Crippen LogP contribution in [0.2, 0.25) is 0 Å². The van der Waals surface area contributed by atoms with Crippen LogP contribution in [0, 0.1) is 0 Å². The molecule has 0 spiro atoms. The second kappa shape index (κ2) is 10.9. The number of hydrogen-bond acceptors (Lipinski definition) is 6. The molecule has 1 aliphatic carbocycles. The maximum Gasteiger partial charge on any atom is 0.164 e. The molecule has 1 aromatic heterocycles. The van der Waals surface area contributed by atoms with Crippen molar-refractivity contribution >= 4 is 45.1 Å². The Morgan fingerprint density at radius 3 is 1.77 bits per heavy atom. The highest BCUT2D eigenvalue weighted by atomic mass is 16.5. The molecule has 6 heteroatoms. The summed E-state index contributed by atoms with van der Waals surface area (Å²) >= 11 is 0. The van der Waals surface area contributed by atoms with Crippen molar-refractivity contribution in [3.8, 4) is 51.4 Å². The zero-order chi connectivity index (χ0) is 34.4. The minimum atomic E-state index is -0.659. The first-order valence-electron chi connectivity index (χ1n) is 17.5. The minimum absolute atomic E-state index is 0.0965. The number of nitrogens with zero attached hydrogens (tertiary/aromatic N) is 4. The Labute approximate surface area is 299 Å². The van der Waals surface area contributed by atoms with Crippen molar-refractivity contribution < 1.29 is 9.47 Å². The Kier molecular flexibility index (Phi) is 6.05. The van der Waals surface area contributed by atoms with Crippen molar-refractivity contribution in [3.05, 3.63) is 156 Å². The average molecular weight is 671 g/mol. The number of benzene rings is 7. The monoisotopic (exact) mass is 670 g/mol. The SMILES string of the molecule is CC12C=c3ccccc3=CC1N1c3ccccc3Oc3cc(-c4nc(-c5ccc6ccccc6c5)nc(-c5ccc6ccccc6c5)n4)cc(c31)O2. The molecule has 2 unspecified atom stereocenters. The summed E-state index contributed by atoms with van der Waals surface area (Å²) < 4.78 is 13.7. The maximum atomic E-state index is 7.05. The van der Waals surface area contributed by atoms with E-state index in [0.717, 1.165) is 60.6 Å². The van der Waals surface area contributed by atoms with Crippen molar-refractivity contribution in [2.24, 2.45) is 0 Å². The first-order valence-corrected chi connectivity index (χ1v) is 17.5. The van der Waals surface area contributed by atoms with Gasteiger partial charge in [-0.15, -0.1) is 0 Å². The summed E-state index contributed by atoms with van der Waals surface area (Å²) in [5.74, 6) is 3.93. The fourth-order valence-corrected chi connectivity index (χ4v) is 7.98. The van der Waals surface area contributed by atoms with E-state index >= 15 is 0 Å². The lowest BCUT2D eigenvalue weighted by Crippen LogP contribution is -2.58. The van der Waals surface area contributed by atoms with E-state index in [1.54, 1.807) is 0 Å². The molecule has 2 atom stereocenters. The van der Waals surface area contributed by atoms with Crippen LogP contribution in [0.5, 0.6) is 17.2 Å². The molecule has 3 aliphatic rings. The molecule has 0 amide bonds. The van der Waals surface area contributed by atoms with Gasteiger partial charge in [-0.2, -0.15) is 0 Å². The van der Waals surface area contributed by atoms with Gasteiger partial charge < -0.3 is 14.4 Å². The second-order valence-electron chi connectivity index (χ2n) is 13.9. The number of hydrogen-bond donors (Lipinski definition) is 0. The number of aromatic nitrogens is 3. The maximum absolute atomic E-state index is 7.05. The molecule has 11 rings (SSSR count). The number of rotatable bonds is 3. The number of anilines is 2. The molecule has 52 heavy (non-hydrogen) atoms. The number of fused-ring (bicyclic) bond motifs is 7. The average Bonchev–Trinajstić information content (AvgIpc) is 3.19. The van der Waals surface area contributed by atoms with Crippen LogP contribution in [0.25, 0.3) is 67.9 Å². The molecular weight excluding hydrogens is 641 g/mol. The summed E-state index contributed by atoms with van der Waals surface area (Å²) in [6, 6.07) is 50.0. The number of para-hydroxylation sites is 2.